The summed E-state index contributed by atoms with van der Waals surface area (Å²) in [5.74, 6) is 0. The van der Waals surface area contributed by atoms with Crippen molar-refractivity contribution in [1.82, 2.24) is 4.31 Å². The largest absolute Gasteiger partial charge is 0.246 e. The van der Waals surface area contributed by atoms with E-state index in [0.717, 1.165) is 26.2 Å². The minimum absolute atomic E-state index is 0.483. The maximum Gasteiger partial charge on any atom is 0.246 e. The fourth-order valence-corrected chi connectivity index (χ4v) is 2.50. The molecule has 0 amide bonds. The number of hydrogen-bond acceptors (Lipinski definition) is 2. The number of nitrogens with zero attached hydrogens (tertiary/aromatic N) is 1. The number of rotatable bonds is 2. The standard InChI is InChI=1S/C7H14FNO2S/c1-7(8)12(10,11)9-5-3-2-4-6-9/h7H,2-6H2,1H3. The van der Waals surface area contributed by atoms with Crippen molar-refractivity contribution in [1.29, 1.82) is 0 Å². The molecule has 1 rings (SSSR count). The first-order chi connectivity index (χ1) is 5.55. The lowest BCUT2D eigenvalue weighted by Crippen LogP contribution is -2.39. The lowest BCUT2D eigenvalue weighted by Gasteiger charge is -2.26. The van der Waals surface area contributed by atoms with E-state index in [1.165, 1.54) is 4.31 Å². The molecule has 0 aromatic rings. The van der Waals surface area contributed by atoms with Crippen molar-refractivity contribution < 1.29 is 12.8 Å². The quantitative estimate of drug-likeness (QED) is 0.662. The highest BCUT2D eigenvalue weighted by Crippen LogP contribution is 2.16. The maximum absolute atomic E-state index is 12.6. The summed E-state index contributed by atoms with van der Waals surface area (Å²) in [5.41, 5.74) is -1.77. The molecule has 1 fully saturated rings. The Morgan fingerprint density at radius 1 is 1.25 bits per heavy atom. The third-order valence-electron chi connectivity index (χ3n) is 2.09. The molecule has 1 heterocycles. The summed E-state index contributed by atoms with van der Waals surface area (Å²) in [6.07, 6.45) is 2.75. The van der Waals surface area contributed by atoms with Crippen LogP contribution in [-0.2, 0) is 10.0 Å². The zero-order valence-electron chi connectivity index (χ0n) is 7.16. The van der Waals surface area contributed by atoms with Gasteiger partial charge in [-0.15, -0.1) is 0 Å². The molecule has 0 aliphatic carbocycles. The predicted molar refractivity (Wildman–Crippen MR) is 44.9 cm³/mol. The summed E-state index contributed by atoms with van der Waals surface area (Å²) in [6, 6.07) is 0. The fraction of sp³-hybridized carbons (Fsp3) is 1.00. The Bertz CT molecular complexity index is 232. The number of piperidine rings is 1. The molecule has 0 radical (unpaired) electrons. The van der Waals surface area contributed by atoms with Crippen LogP contribution in [0.5, 0.6) is 0 Å². The SMILES string of the molecule is CC(F)S(=O)(=O)N1CCCCC1. The molecule has 0 bridgehead atoms. The van der Waals surface area contributed by atoms with E-state index in [-0.39, 0.29) is 0 Å². The Morgan fingerprint density at radius 2 is 1.75 bits per heavy atom. The molecule has 0 N–H and O–H groups in total. The third kappa shape index (κ3) is 1.95. The van der Waals surface area contributed by atoms with Gasteiger partial charge in [0.15, 0.2) is 0 Å². The molecule has 1 unspecified atom stereocenters. The molecular weight excluding hydrogens is 181 g/mol. The fourth-order valence-electron chi connectivity index (χ4n) is 1.32. The average molecular weight is 195 g/mol. The Morgan fingerprint density at radius 3 is 2.17 bits per heavy atom. The van der Waals surface area contributed by atoms with Gasteiger partial charge >= 0.3 is 0 Å². The van der Waals surface area contributed by atoms with E-state index < -0.39 is 15.5 Å². The zero-order valence-corrected chi connectivity index (χ0v) is 7.98. The van der Waals surface area contributed by atoms with E-state index in [9.17, 15) is 12.8 Å². The summed E-state index contributed by atoms with van der Waals surface area (Å²) >= 11 is 0. The molecule has 0 aromatic carbocycles. The maximum atomic E-state index is 12.6. The van der Waals surface area contributed by atoms with Crippen LogP contribution < -0.4 is 0 Å². The van der Waals surface area contributed by atoms with E-state index in [0.29, 0.717) is 13.1 Å². The van der Waals surface area contributed by atoms with Gasteiger partial charge in [0.05, 0.1) is 0 Å². The van der Waals surface area contributed by atoms with Crippen molar-refractivity contribution in [3.63, 3.8) is 0 Å². The van der Waals surface area contributed by atoms with Gasteiger partial charge in [0, 0.05) is 13.1 Å². The molecule has 72 valence electrons. The van der Waals surface area contributed by atoms with Gasteiger partial charge < -0.3 is 0 Å². The molecule has 0 spiro atoms. The first-order valence-corrected chi connectivity index (χ1v) is 5.68. The summed E-state index contributed by atoms with van der Waals surface area (Å²) in [4.78, 5) is 0. The Labute approximate surface area is 72.6 Å². The van der Waals surface area contributed by atoms with E-state index in [2.05, 4.69) is 0 Å². The smallest absolute Gasteiger partial charge is 0.229 e. The molecule has 1 saturated heterocycles. The summed E-state index contributed by atoms with van der Waals surface area (Å²) in [6.45, 7) is 2.04. The van der Waals surface area contributed by atoms with Crippen molar-refractivity contribution in [2.45, 2.75) is 31.7 Å². The van der Waals surface area contributed by atoms with Crippen LogP contribution in [0.15, 0.2) is 0 Å². The Balaban J connectivity index is 2.67. The first-order valence-electron chi connectivity index (χ1n) is 4.18. The van der Waals surface area contributed by atoms with Gasteiger partial charge in [-0.1, -0.05) is 6.42 Å². The molecule has 1 aliphatic rings. The van der Waals surface area contributed by atoms with Gasteiger partial charge in [0.1, 0.15) is 0 Å². The van der Waals surface area contributed by atoms with E-state index >= 15 is 0 Å². The molecule has 0 saturated carbocycles. The van der Waals surface area contributed by atoms with E-state index in [4.69, 9.17) is 0 Å². The minimum atomic E-state index is -3.63. The predicted octanol–water partition coefficient (Wildman–Crippen LogP) is 1.12. The van der Waals surface area contributed by atoms with Crippen LogP contribution in [0.3, 0.4) is 0 Å². The van der Waals surface area contributed by atoms with Crippen LogP contribution in [0.2, 0.25) is 0 Å². The number of alkyl halides is 1. The number of sulfonamides is 1. The summed E-state index contributed by atoms with van der Waals surface area (Å²) in [7, 11) is -3.63. The molecule has 5 heteroatoms. The number of hydrogen-bond donors (Lipinski definition) is 0. The molecule has 12 heavy (non-hydrogen) atoms. The van der Waals surface area contributed by atoms with Gasteiger partial charge in [-0.2, -0.15) is 4.31 Å². The highest BCUT2D eigenvalue weighted by atomic mass is 32.2. The second-order valence-electron chi connectivity index (χ2n) is 3.05. The van der Waals surface area contributed by atoms with Crippen molar-refractivity contribution in [2.75, 3.05) is 13.1 Å². The van der Waals surface area contributed by atoms with Crippen LogP contribution in [0, 0.1) is 0 Å². The Kier molecular flexibility index (Phi) is 3.06. The zero-order chi connectivity index (χ0) is 9.19. The van der Waals surface area contributed by atoms with Gasteiger partial charge in [0.25, 0.3) is 0 Å². The van der Waals surface area contributed by atoms with Crippen LogP contribution >= 0.6 is 0 Å². The average Bonchev–Trinajstić information content (AvgIpc) is 2.06. The topological polar surface area (TPSA) is 37.4 Å². The molecule has 1 aliphatic heterocycles. The van der Waals surface area contributed by atoms with Crippen molar-refractivity contribution in [2.24, 2.45) is 0 Å². The lowest BCUT2D eigenvalue weighted by atomic mass is 10.2. The number of halogens is 1. The highest BCUT2D eigenvalue weighted by Gasteiger charge is 2.29. The second kappa shape index (κ2) is 3.70. The van der Waals surface area contributed by atoms with Gasteiger partial charge in [-0.05, 0) is 19.8 Å². The summed E-state index contributed by atoms with van der Waals surface area (Å²) < 4.78 is 36.4. The van der Waals surface area contributed by atoms with Crippen molar-refractivity contribution in [3.05, 3.63) is 0 Å². The van der Waals surface area contributed by atoms with Gasteiger partial charge in [0.2, 0.25) is 15.5 Å². The van der Waals surface area contributed by atoms with E-state index in [1.54, 1.807) is 0 Å². The monoisotopic (exact) mass is 195 g/mol. The molecule has 1 atom stereocenters. The third-order valence-corrected chi connectivity index (χ3v) is 3.99. The Hall–Kier alpha value is -0.160. The highest BCUT2D eigenvalue weighted by molar-refractivity contribution is 7.89. The molecular formula is C7H14FNO2S. The van der Waals surface area contributed by atoms with Crippen LogP contribution in [-0.4, -0.2) is 31.3 Å². The van der Waals surface area contributed by atoms with Gasteiger partial charge in [-0.3, -0.25) is 0 Å². The molecule has 3 nitrogen and oxygen atoms in total. The normalized spacial score (nSPS) is 23.8. The van der Waals surface area contributed by atoms with Gasteiger partial charge in [-0.25, -0.2) is 12.8 Å². The molecule has 0 aromatic heterocycles. The van der Waals surface area contributed by atoms with Crippen LogP contribution in [0.25, 0.3) is 0 Å². The minimum Gasteiger partial charge on any atom is -0.229 e. The van der Waals surface area contributed by atoms with Crippen molar-refractivity contribution in [3.8, 4) is 0 Å². The lowest BCUT2D eigenvalue weighted by molar-refractivity contribution is 0.323. The first kappa shape index (κ1) is 9.92. The van der Waals surface area contributed by atoms with Crippen LogP contribution in [0.1, 0.15) is 26.2 Å². The van der Waals surface area contributed by atoms with E-state index in [1.807, 2.05) is 0 Å². The summed E-state index contributed by atoms with van der Waals surface area (Å²) in [5, 5.41) is 0. The van der Waals surface area contributed by atoms with Crippen LogP contribution in [0.4, 0.5) is 4.39 Å². The second-order valence-corrected chi connectivity index (χ2v) is 5.24. The van der Waals surface area contributed by atoms with Crippen molar-refractivity contribution >= 4 is 10.0 Å².